The van der Waals surface area contributed by atoms with Crippen LogP contribution in [0.3, 0.4) is 0 Å². The van der Waals surface area contributed by atoms with Crippen LogP contribution in [0, 0.1) is 0 Å². The first-order chi connectivity index (χ1) is 9.95. The summed E-state index contributed by atoms with van der Waals surface area (Å²) in [5.74, 6) is -0.225. The molecule has 0 aliphatic carbocycles. The molecule has 0 unspecified atom stereocenters. The number of aromatic nitrogens is 1. The highest BCUT2D eigenvalue weighted by Crippen LogP contribution is 2.26. The topological polar surface area (TPSA) is 144 Å². The average Bonchev–Trinajstić information content (AvgIpc) is 2.42. The third kappa shape index (κ3) is 3.60. The van der Waals surface area contributed by atoms with E-state index in [0.29, 0.717) is 22.9 Å². The Morgan fingerprint density at radius 2 is 1.71 bits per heavy atom. The van der Waals surface area contributed by atoms with Gasteiger partial charge < -0.3 is 26.7 Å². The molecular formula is C13H12N4O4. The molecule has 0 bridgehead atoms. The van der Waals surface area contributed by atoms with E-state index in [9.17, 15) is 9.59 Å². The van der Waals surface area contributed by atoms with E-state index in [-0.39, 0.29) is 5.69 Å². The monoisotopic (exact) mass is 288 g/mol. The molecule has 6 N–H and O–H groups in total. The molecular weight excluding hydrogens is 276 g/mol. The largest absolute Gasteiger partial charge is 0.457 e. The summed E-state index contributed by atoms with van der Waals surface area (Å²) in [7, 11) is 0. The van der Waals surface area contributed by atoms with Crippen LogP contribution in [0.2, 0.25) is 0 Å². The van der Waals surface area contributed by atoms with Crippen LogP contribution in [-0.4, -0.2) is 17.0 Å². The number of nitrogens with zero attached hydrogens (tertiary/aromatic N) is 1. The van der Waals surface area contributed by atoms with Crippen molar-refractivity contribution in [1.82, 2.24) is 4.98 Å². The smallest absolute Gasteiger partial charge is 0.412 e. The van der Waals surface area contributed by atoms with Crippen LogP contribution >= 0.6 is 0 Å². The Balaban J connectivity index is 2.19. The first kappa shape index (κ1) is 14.1. The molecule has 0 saturated heterocycles. The van der Waals surface area contributed by atoms with Gasteiger partial charge in [-0.1, -0.05) is 0 Å². The third-order valence-electron chi connectivity index (χ3n) is 2.43. The Hall–Kier alpha value is -3.29. The van der Waals surface area contributed by atoms with Gasteiger partial charge >= 0.3 is 12.1 Å². The molecule has 108 valence electrons. The molecule has 1 aromatic carbocycles. The standard InChI is InChI=1S/C13H12N4O4/c14-9-2-1-7(5-10(9)15)20-8-3-4-17-11(6-8)12(18)21-13(16)19/h1-6H,14-15H2,(H2,16,19). The number of ether oxygens (including phenoxy) is 2. The molecule has 2 aromatic rings. The Kier molecular flexibility index (Phi) is 3.89. The number of carbonyl (C=O) groups excluding carboxylic acids is 2. The van der Waals surface area contributed by atoms with Crippen LogP contribution in [0.5, 0.6) is 11.5 Å². The zero-order valence-electron chi connectivity index (χ0n) is 10.8. The molecule has 2 rings (SSSR count). The van der Waals surface area contributed by atoms with Gasteiger partial charge in [0.25, 0.3) is 0 Å². The third-order valence-corrected chi connectivity index (χ3v) is 2.43. The van der Waals surface area contributed by atoms with Crippen molar-refractivity contribution in [3.05, 3.63) is 42.2 Å². The fourth-order valence-corrected chi connectivity index (χ4v) is 1.48. The summed E-state index contributed by atoms with van der Waals surface area (Å²) in [5.41, 5.74) is 16.7. The molecule has 0 aliphatic heterocycles. The number of esters is 1. The minimum Gasteiger partial charge on any atom is -0.457 e. The highest BCUT2D eigenvalue weighted by atomic mass is 16.6. The molecule has 21 heavy (non-hydrogen) atoms. The van der Waals surface area contributed by atoms with Gasteiger partial charge in [-0.05, 0) is 18.2 Å². The van der Waals surface area contributed by atoms with E-state index in [1.165, 1.54) is 24.4 Å². The highest BCUT2D eigenvalue weighted by Gasteiger charge is 2.13. The van der Waals surface area contributed by atoms with Gasteiger partial charge in [-0.2, -0.15) is 0 Å². The summed E-state index contributed by atoms with van der Waals surface area (Å²) in [6.45, 7) is 0. The lowest BCUT2D eigenvalue weighted by Gasteiger charge is -2.08. The quantitative estimate of drug-likeness (QED) is 0.438. The first-order valence-electron chi connectivity index (χ1n) is 5.76. The van der Waals surface area contributed by atoms with Gasteiger partial charge in [-0.25, -0.2) is 14.6 Å². The summed E-state index contributed by atoms with van der Waals surface area (Å²) in [6, 6.07) is 7.57. The maximum Gasteiger partial charge on any atom is 0.412 e. The fraction of sp³-hybridized carbons (Fsp3) is 0. The van der Waals surface area contributed by atoms with E-state index in [2.05, 4.69) is 9.72 Å². The Morgan fingerprint density at radius 3 is 2.38 bits per heavy atom. The number of nitrogen functional groups attached to an aromatic ring is 2. The first-order valence-corrected chi connectivity index (χ1v) is 5.76. The number of benzene rings is 1. The molecule has 8 nitrogen and oxygen atoms in total. The van der Waals surface area contributed by atoms with Crippen molar-refractivity contribution in [3.63, 3.8) is 0 Å². The van der Waals surface area contributed by atoms with Crippen LogP contribution in [-0.2, 0) is 4.74 Å². The van der Waals surface area contributed by atoms with E-state index in [1.54, 1.807) is 12.1 Å². The van der Waals surface area contributed by atoms with E-state index in [0.717, 1.165) is 0 Å². The van der Waals surface area contributed by atoms with Crippen molar-refractivity contribution >= 4 is 23.4 Å². The highest BCUT2D eigenvalue weighted by molar-refractivity contribution is 5.94. The zero-order valence-corrected chi connectivity index (χ0v) is 10.8. The van der Waals surface area contributed by atoms with Gasteiger partial charge in [0.15, 0.2) is 5.69 Å². The van der Waals surface area contributed by atoms with Crippen molar-refractivity contribution in [2.45, 2.75) is 0 Å². The number of hydrogen-bond donors (Lipinski definition) is 3. The second-order valence-corrected chi connectivity index (χ2v) is 3.98. The molecule has 1 amide bonds. The number of rotatable bonds is 3. The SMILES string of the molecule is NC(=O)OC(=O)c1cc(Oc2ccc(N)c(N)c2)ccn1. The van der Waals surface area contributed by atoms with Crippen molar-refractivity contribution in [2.24, 2.45) is 5.73 Å². The predicted molar refractivity (Wildman–Crippen MR) is 74.6 cm³/mol. The maximum absolute atomic E-state index is 11.5. The normalized spacial score (nSPS) is 9.90. The summed E-state index contributed by atoms with van der Waals surface area (Å²) in [5, 5.41) is 0. The van der Waals surface area contributed by atoms with Gasteiger partial charge in [-0.15, -0.1) is 0 Å². The van der Waals surface area contributed by atoms with Crippen LogP contribution < -0.4 is 21.9 Å². The average molecular weight is 288 g/mol. The summed E-state index contributed by atoms with van der Waals surface area (Å²) < 4.78 is 9.73. The van der Waals surface area contributed by atoms with Gasteiger partial charge in [0.1, 0.15) is 11.5 Å². The van der Waals surface area contributed by atoms with E-state index >= 15 is 0 Å². The van der Waals surface area contributed by atoms with Crippen LogP contribution in [0.1, 0.15) is 10.5 Å². The summed E-state index contributed by atoms with van der Waals surface area (Å²) in [4.78, 5) is 25.8. The number of pyridine rings is 1. The molecule has 0 fully saturated rings. The lowest BCUT2D eigenvalue weighted by atomic mass is 10.2. The second-order valence-electron chi connectivity index (χ2n) is 3.98. The van der Waals surface area contributed by atoms with Gasteiger partial charge in [0.2, 0.25) is 0 Å². The molecule has 0 saturated carbocycles. The second kappa shape index (κ2) is 5.78. The number of hydrogen-bond acceptors (Lipinski definition) is 7. The van der Waals surface area contributed by atoms with Gasteiger partial charge in [0.05, 0.1) is 11.4 Å². The minimum atomic E-state index is -1.21. The Bertz CT molecular complexity index is 702. The minimum absolute atomic E-state index is 0.116. The Morgan fingerprint density at radius 1 is 1.00 bits per heavy atom. The fourth-order valence-electron chi connectivity index (χ4n) is 1.48. The molecule has 0 radical (unpaired) electrons. The number of amides is 1. The zero-order chi connectivity index (χ0) is 15.4. The number of anilines is 2. The van der Waals surface area contributed by atoms with Crippen molar-refractivity contribution in [1.29, 1.82) is 0 Å². The van der Waals surface area contributed by atoms with Crippen LogP contribution in [0.15, 0.2) is 36.5 Å². The molecule has 1 heterocycles. The lowest BCUT2D eigenvalue weighted by molar-refractivity contribution is 0.0631. The Labute approximate surface area is 119 Å². The summed E-state index contributed by atoms with van der Waals surface area (Å²) >= 11 is 0. The van der Waals surface area contributed by atoms with E-state index in [1.807, 2.05) is 0 Å². The van der Waals surface area contributed by atoms with Crippen LogP contribution in [0.4, 0.5) is 16.2 Å². The van der Waals surface area contributed by atoms with E-state index in [4.69, 9.17) is 21.9 Å². The number of carbonyl (C=O) groups is 2. The predicted octanol–water partition coefficient (Wildman–Crippen LogP) is 1.27. The molecule has 8 heteroatoms. The van der Waals surface area contributed by atoms with Crippen molar-refractivity contribution in [2.75, 3.05) is 11.5 Å². The number of nitrogens with two attached hydrogens (primary N) is 3. The lowest BCUT2D eigenvalue weighted by Crippen LogP contribution is -2.19. The number of primary amides is 1. The van der Waals surface area contributed by atoms with Crippen molar-refractivity contribution < 1.29 is 19.1 Å². The molecule has 1 aromatic heterocycles. The van der Waals surface area contributed by atoms with Gasteiger partial charge in [0, 0.05) is 18.3 Å². The molecule has 0 aliphatic rings. The van der Waals surface area contributed by atoms with Gasteiger partial charge in [-0.3, -0.25) is 0 Å². The summed E-state index contributed by atoms with van der Waals surface area (Å²) in [6.07, 6.45) is 0.118. The maximum atomic E-state index is 11.5. The van der Waals surface area contributed by atoms with Crippen molar-refractivity contribution in [3.8, 4) is 11.5 Å². The van der Waals surface area contributed by atoms with E-state index < -0.39 is 12.1 Å². The molecule has 0 spiro atoms. The van der Waals surface area contributed by atoms with Crippen LogP contribution in [0.25, 0.3) is 0 Å². The molecule has 0 atom stereocenters.